The zero-order valence-corrected chi connectivity index (χ0v) is 22.6. The average molecular weight is 569 g/mol. The second-order valence-electron chi connectivity index (χ2n) is 9.73. The van der Waals surface area contributed by atoms with Gasteiger partial charge in [-0.25, -0.2) is 0 Å². The predicted molar refractivity (Wildman–Crippen MR) is 137 cm³/mol. The van der Waals surface area contributed by atoms with Crippen molar-refractivity contribution in [1.29, 1.82) is 0 Å². The lowest BCUT2D eigenvalue weighted by molar-refractivity contribution is -0.317. The Bertz CT molecular complexity index is 1160. The van der Waals surface area contributed by atoms with Crippen molar-refractivity contribution in [2.45, 2.75) is 49.1 Å². The quantitative estimate of drug-likeness (QED) is 0.207. The van der Waals surface area contributed by atoms with Crippen LogP contribution in [-0.2, 0) is 15.9 Å². The lowest BCUT2D eigenvalue weighted by Gasteiger charge is -2.45. The summed E-state index contributed by atoms with van der Waals surface area (Å²) in [5.41, 5.74) is 1.59. The highest BCUT2D eigenvalue weighted by Crippen LogP contribution is 2.53. The largest absolute Gasteiger partial charge is 0.502 e. The molecule has 1 heterocycles. The van der Waals surface area contributed by atoms with Gasteiger partial charge in [-0.1, -0.05) is 0 Å². The van der Waals surface area contributed by atoms with E-state index in [2.05, 4.69) is 0 Å². The van der Waals surface area contributed by atoms with Crippen molar-refractivity contribution in [2.75, 3.05) is 41.7 Å². The van der Waals surface area contributed by atoms with Gasteiger partial charge in [0.25, 0.3) is 0 Å². The van der Waals surface area contributed by atoms with E-state index in [9.17, 15) is 35.7 Å². The SMILES string of the molecule is COc1cc(C2c3c(cc(OC)c(O)c3OC)CC(CO)C2OC2OC(CO)C(O)C(O)C2O)cc(OC)c1O. The summed E-state index contributed by atoms with van der Waals surface area (Å²) in [6.07, 6.45) is -8.49. The summed E-state index contributed by atoms with van der Waals surface area (Å²) < 4.78 is 33.6. The summed E-state index contributed by atoms with van der Waals surface area (Å²) in [6, 6.07) is 4.70. The van der Waals surface area contributed by atoms with Crippen molar-refractivity contribution in [3.8, 4) is 34.5 Å². The highest BCUT2D eigenvalue weighted by atomic mass is 16.7. The molecule has 13 nitrogen and oxygen atoms in total. The molecular weight excluding hydrogens is 532 g/mol. The van der Waals surface area contributed by atoms with Gasteiger partial charge in [-0.3, -0.25) is 0 Å². The number of methoxy groups -OCH3 is 4. The number of aliphatic hydroxyl groups excluding tert-OH is 5. The number of phenolic OH excluding ortho intramolecular Hbond substituents is 2. The molecule has 2 aromatic carbocycles. The zero-order valence-electron chi connectivity index (χ0n) is 22.6. The summed E-state index contributed by atoms with van der Waals surface area (Å²) in [5.74, 6) is -1.64. The van der Waals surface area contributed by atoms with Crippen molar-refractivity contribution in [2.24, 2.45) is 5.92 Å². The van der Waals surface area contributed by atoms with Crippen molar-refractivity contribution < 1.29 is 64.2 Å². The molecule has 4 rings (SSSR count). The van der Waals surface area contributed by atoms with Crippen LogP contribution in [0.25, 0.3) is 0 Å². The van der Waals surface area contributed by atoms with Crippen LogP contribution in [0.1, 0.15) is 22.6 Å². The van der Waals surface area contributed by atoms with Crippen LogP contribution in [0.2, 0.25) is 0 Å². The topological polar surface area (TPSA) is 197 Å². The third kappa shape index (κ3) is 5.09. The van der Waals surface area contributed by atoms with Crippen molar-refractivity contribution in [1.82, 2.24) is 0 Å². The summed E-state index contributed by atoms with van der Waals surface area (Å²) in [7, 11) is 5.49. The predicted octanol–water partition coefficient (Wildman–Crippen LogP) is -0.386. The van der Waals surface area contributed by atoms with Crippen LogP contribution in [0.5, 0.6) is 34.5 Å². The molecule has 0 saturated carbocycles. The number of rotatable bonds is 9. The maximum atomic E-state index is 11.0. The maximum Gasteiger partial charge on any atom is 0.201 e. The van der Waals surface area contributed by atoms with Crippen molar-refractivity contribution in [3.63, 3.8) is 0 Å². The van der Waals surface area contributed by atoms with E-state index in [4.69, 9.17) is 28.4 Å². The minimum Gasteiger partial charge on any atom is -0.502 e. The van der Waals surface area contributed by atoms with Crippen molar-refractivity contribution in [3.05, 3.63) is 34.9 Å². The Kier molecular flexibility index (Phi) is 9.15. The van der Waals surface area contributed by atoms with Crippen LogP contribution in [0.4, 0.5) is 0 Å². The number of phenols is 2. The molecule has 7 N–H and O–H groups in total. The summed E-state index contributed by atoms with van der Waals surface area (Å²) in [5, 5.41) is 73.0. The lowest BCUT2D eigenvalue weighted by Crippen LogP contribution is -2.60. The fourth-order valence-corrected chi connectivity index (χ4v) is 5.54. The average Bonchev–Trinajstić information content (AvgIpc) is 2.96. The highest BCUT2D eigenvalue weighted by Gasteiger charge is 2.49. The van der Waals surface area contributed by atoms with E-state index in [-0.39, 0.29) is 47.5 Å². The van der Waals surface area contributed by atoms with Gasteiger partial charge >= 0.3 is 0 Å². The van der Waals surface area contributed by atoms with Crippen molar-refractivity contribution >= 4 is 0 Å². The van der Waals surface area contributed by atoms with Gasteiger partial charge < -0.3 is 64.2 Å². The molecule has 1 aliphatic carbocycles. The number of aromatic hydroxyl groups is 2. The van der Waals surface area contributed by atoms with E-state index in [1.54, 1.807) is 6.07 Å². The third-order valence-electron chi connectivity index (χ3n) is 7.59. The van der Waals surface area contributed by atoms with Crippen LogP contribution in [0.15, 0.2) is 18.2 Å². The molecule has 40 heavy (non-hydrogen) atoms. The van der Waals surface area contributed by atoms with Gasteiger partial charge in [0.15, 0.2) is 29.3 Å². The van der Waals surface area contributed by atoms with Gasteiger partial charge in [-0.15, -0.1) is 0 Å². The first-order chi connectivity index (χ1) is 19.1. The molecule has 0 radical (unpaired) electrons. The molecule has 13 heteroatoms. The molecule has 8 atom stereocenters. The molecule has 2 aliphatic rings. The Labute approximate surface area is 230 Å². The van der Waals surface area contributed by atoms with Gasteiger partial charge in [-0.2, -0.15) is 0 Å². The molecule has 0 amide bonds. The molecule has 1 fully saturated rings. The fraction of sp³-hybridized carbons (Fsp3) is 0.556. The van der Waals surface area contributed by atoms with Gasteiger partial charge in [0.05, 0.1) is 41.2 Å². The fourth-order valence-electron chi connectivity index (χ4n) is 5.54. The number of hydrogen-bond donors (Lipinski definition) is 7. The number of aliphatic hydroxyl groups is 5. The minimum atomic E-state index is -1.70. The van der Waals surface area contributed by atoms with Gasteiger partial charge in [-0.05, 0) is 35.7 Å². The molecular formula is C27H36O13. The monoisotopic (exact) mass is 568 g/mol. The van der Waals surface area contributed by atoms with E-state index in [0.29, 0.717) is 16.7 Å². The molecule has 1 aliphatic heterocycles. The van der Waals surface area contributed by atoms with Crippen LogP contribution in [0.3, 0.4) is 0 Å². The van der Waals surface area contributed by atoms with Gasteiger partial charge in [0.1, 0.15) is 24.4 Å². The molecule has 8 unspecified atom stereocenters. The molecule has 0 aromatic heterocycles. The summed E-state index contributed by atoms with van der Waals surface area (Å²) >= 11 is 0. The molecule has 0 bridgehead atoms. The normalized spacial score (nSPS) is 29.9. The molecule has 0 spiro atoms. The van der Waals surface area contributed by atoms with Gasteiger partial charge in [0, 0.05) is 24.0 Å². The summed E-state index contributed by atoms with van der Waals surface area (Å²) in [4.78, 5) is 0. The first-order valence-electron chi connectivity index (χ1n) is 12.6. The van der Waals surface area contributed by atoms with E-state index < -0.39 is 55.3 Å². The standard InChI is InChI=1S/C27H36O13/c1-35-14-7-12(8-15(36-2)20(14)30)18-19-11(6-16(37-3)22(32)26(19)38-4)5-13(9-28)25(18)40-27-24(34)23(33)21(31)17(10-29)39-27/h6-8,13,17-18,21,23-25,27-34H,5,9-10H2,1-4H3. The maximum absolute atomic E-state index is 11.0. The van der Waals surface area contributed by atoms with Crippen LogP contribution in [0, 0.1) is 5.92 Å². The van der Waals surface area contributed by atoms with E-state index in [1.165, 1.54) is 40.6 Å². The number of fused-ring (bicyclic) bond motifs is 1. The van der Waals surface area contributed by atoms with Crippen LogP contribution in [-0.4, -0.2) is 114 Å². The Morgan fingerprint density at radius 3 is 1.90 bits per heavy atom. The first kappa shape index (κ1) is 29.9. The Hall–Kier alpha value is -3.04. The highest BCUT2D eigenvalue weighted by molar-refractivity contribution is 5.64. The number of ether oxygens (including phenoxy) is 6. The Morgan fingerprint density at radius 2 is 1.38 bits per heavy atom. The minimum absolute atomic E-state index is 0.0733. The van der Waals surface area contributed by atoms with E-state index in [1.807, 2.05) is 0 Å². The van der Waals surface area contributed by atoms with Gasteiger partial charge in [0.2, 0.25) is 11.5 Å². The molecule has 2 aromatic rings. The third-order valence-corrected chi connectivity index (χ3v) is 7.59. The first-order valence-corrected chi connectivity index (χ1v) is 12.6. The molecule has 1 saturated heterocycles. The molecule has 222 valence electrons. The van der Waals surface area contributed by atoms with Crippen LogP contribution < -0.4 is 18.9 Å². The number of hydrogen-bond acceptors (Lipinski definition) is 13. The zero-order chi connectivity index (χ0) is 29.3. The lowest BCUT2D eigenvalue weighted by atomic mass is 9.71. The second kappa shape index (κ2) is 12.2. The van der Waals surface area contributed by atoms with E-state index in [0.717, 1.165) is 0 Å². The Morgan fingerprint density at radius 1 is 0.775 bits per heavy atom. The Balaban J connectivity index is 1.93. The van der Waals surface area contributed by atoms with Crippen LogP contribution >= 0.6 is 0 Å². The van der Waals surface area contributed by atoms with E-state index >= 15 is 0 Å². The summed E-state index contributed by atoms with van der Waals surface area (Å²) in [6.45, 7) is -1.03. The second-order valence-corrected chi connectivity index (χ2v) is 9.73. The smallest absolute Gasteiger partial charge is 0.201 e. The number of benzene rings is 2.